The zero-order valence-corrected chi connectivity index (χ0v) is 17.9. The first-order valence-electron chi connectivity index (χ1n) is 9.46. The molecule has 4 aromatic heterocycles. The molecule has 9 heteroatoms. The second-order valence-corrected chi connectivity index (χ2v) is 10.1. The number of nitrogens with zero attached hydrogens (tertiary/aromatic N) is 4. The van der Waals surface area contributed by atoms with Crippen LogP contribution in [-0.2, 0) is 23.0 Å². The number of aryl methyl sites for hydroxylation is 1. The lowest BCUT2D eigenvalue weighted by atomic mass is 10.0. The minimum absolute atomic E-state index is 0.498. The van der Waals surface area contributed by atoms with Gasteiger partial charge in [-0.05, 0) is 36.5 Å². The maximum absolute atomic E-state index is 10.6. The molecule has 1 unspecified atom stereocenters. The highest BCUT2D eigenvalue weighted by molar-refractivity contribution is 7.93. The van der Waals surface area contributed by atoms with Crippen LogP contribution in [0.25, 0.3) is 32.6 Å². The molecule has 5 rings (SSSR count). The van der Waals surface area contributed by atoms with E-state index in [1.807, 2.05) is 17.8 Å². The number of imidazole rings is 1. The molecule has 7 nitrogen and oxygen atoms in total. The molecule has 1 fully saturated rings. The summed E-state index contributed by atoms with van der Waals surface area (Å²) in [7, 11) is 3.60. The van der Waals surface area contributed by atoms with E-state index >= 15 is 0 Å². The van der Waals surface area contributed by atoms with E-state index in [-0.39, 0.29) is 0 Å². The Morgan fingerprint density at radius 3 is 2.93 bits per heavy atom. The van der Waals surface area contributed by atoms with Crippen LogP contribution >= 0.6 is 11.3 Å². The van der Waals surface area contributed by atoms with Gasteiger partial charge in [-0.2, -0.15) is 4.55 Å². The summed E-state index contributed by atoms with van der Waals surface area (Å²) in [5, 5.41) is 1.01. The molecule has 3 N–H and O–H groups in total. The summed E-state index contributed by atoms with van der Waals surface area (Å²) in [5.41, 5.74) is 12.0. The van der Waals surface area contributed by atoms with Crippen molar-refractivity contribution in [2.75, 3.05) is 25.2 Å². The largest absolute Gasteiger partial charge is 0.393 e. The van der Waals surface area contributed by atoms with Crippen molar-refractivity contribution in [3.63, 3.8) is 0 Å². The van der Waals surface area contributed by atoms with E-state index in [4.69, 9.17) is 15.5 Å². The number of hydrogen-bond donors (Lipinski definition) is 2. The van der Waals surface area contributed by atoms with Gasteiger partial charge in [0.15, 0.2) is 22.6 Å². The Labute approximate surface area is 175 Å². The van der Waals surface area contributed by atoms with Gasteiger partial charge in [0.2, 0.25) is 0 Å². The van der Waals surface area contributed by atoms with Gasteiger partial charge >= 0.3 is 0 Å². The molecule has 1 atom stereocenters. The molecule has 150 valence electrons. The maximum atomic E-state index is 10.6. The molecule has 0 amide bonds. The van der Waals surface area contributed by atoms with Gasteiger partial charge in [-0.3, -0.25) is 0 Å². The molecule has 0 spiro atoms. The minimum atomic E-state index is -0.941. The standard InChI is InChI=1S/C20H22N5O2S2/c1-25-10-23-18-15(25)7-12(9-22-18)14-8-13(11-3-4-11)16-17(21)20(28-19(16)24-14)29(26)6-5-27-2/h7-11,26H,3-6,21H2,1-2H3/q+1. The number of pyridine rings is 2. The quantitative estimate of drug-likeness (QED) is 0.453. The molecular formula is C20H22N5O2S2+. The number of ether oxygens (including phenoxy) is 1. The Bertz CT molecular complexity index is 1210. The van der Waals surface area contributed by atoms with Crippen LogP contribution in [0.5, 0.6) is 0 Å². The molecule has 1 saturated carbocycles. The van der Waals surface area contributed by atoms with E-state index in [0.717, 1.165) is 49.7 Å². The molecule has 0 bridgehead atoms. The van der Waals surface area contributed by atoms with E-state index in [0.29, 0.717) is 24.0 Å². The Morgan fingerprint density at radius 2 is 2.17 bits per heavy atom. The van der Waals surface area contributed by atoms with Crippen LogP contribution in [0.15, 0.2) is 28.9 Å². The molecule has 1 aliphatic carbocycles. The van der Waals surface area contributed by atoms with E-state index < -0.39 is 11.2 Å². The van der Waals surface area contributed by atoms with Crippen molar-refractivity contribution >= 4 is 49.6 Å². The first-order chi connectivity index (χ1) is 14.1. The number of anilines is 1. The van der Waals surface area contributed by atoms with Gasteiger partial charge in [0, 0.05) is 31.3 Å². The molecule has 0 saturated heterocycles. The highest BCUT2D eigenvalue weighted by Gasteiger charge is 2.33. The van der Waals surface area contributed by atoms with E-state index in [2.05, 4.69) is 22.1 Å². The molecular weight excluding hydrogens is 406 g/mol. The summed E-state index contributed by atoms with van der Waals surface area (Å²) in [6.07, 6.45) is 5.92. The third-order valence-electron chi connectivity index (χ3n) is 5.28. The van der Waals surface area contributed by atoms with E-state index in [1.54, 1.807) is 13.4 Å². The first-order valence-corrected chi connectivity index (χ1v) is 11.6. The average Bonchev–Trinajstić information content (AvgIpc) is 3.44. The van der Waals surface area contributed by atoms with Crippen LogP contribution in [0.2, 0.25) is 0 Å². The van der Waals surface area contributed by atoms with Crippen LogP contribution in [0.3, 0.4) is 0 Å². The number of aromatic nitrogens is 4. The Kier molecular flexibility index (Phi) is 4.70. The summed E-state index contributed by atoms with van der Waals surface area (Å²) in [5.74, 6) is 1.05. The fraction of sp³-hybridized carbons (Fsp3) is 0.350. The third kappa shape index (κ3) is 3.28. The van der Waals surface area contributed by atoms with Crippen molar-refractivity contribution in [1.29, 1.82) is 0 Å². The van der Waals surface area contributed by atoms with Crippen molar-refractivity contribution < 1.29 is 9.29 Å². The predicted molar refractivity (Wildman–Crippen MR) is 119 cm³/mol. The van der Waals surface area contributed by atoms with E-state index in [1.165, 1.54) is 16.9 Å². The number of nitrogens with two attached hydrogens (primary N) is 1. The van der Waals surface area contributed by atoms with Crippen LogP contribution in [0.4, 0.5) is 5.69 Å². The number of rotatable bonds is 6. The van der Waals surface area contributed by atoms with Gasteiger partial charge in [0.05, 0.1) is 24.1 Å². The van der Waals surface area contributed by atoms with Crippen LogP contribution < -0.4 is 5.73 Å². The van der Waals surface area contributed by atoms with Crippen LogP contribution in [0.1, 0.15) is 24.3 Å². The lowest BCUT2D eigenvalue weighted by molar-refractivity contribution is 0.217. The number of fused-ring (bicyclic) bond motifs is 2. The zero-order valence-electron chi connectivity index (χ0n) is 16.3. The number of methoxy groups -OCH3 is 1. The van der Waals surface area contributed by atoms with Crippen LogP contribution in [0, 0.1) is 0 Å². The van der Waals surface area contributed by atoms with Crippen LogP contribution in [-0.4, -0.2) is 43.5 Å². The van der Waals surface area contributed by atoms with Crippen molar-refractivity contribution in [2.45, 2.75) is 23.0 Å². The van der Waals surface area contributed by atoms with Crippen molar-refractivity contribution in [3.05, 3.63) is 30.2 Å². The number of hydrogen-bond acceptors (Lipinski definition) is 7. The Hall–Kier alpha value is -2.20. The molecule has 0 aliphatic heterocycles. The first kappa shape index (κ1) is 18.8. The minimum Gasteiger partial charge on any atom is -0.393 e. The summed E-state index contributed by atoms with van der Waals surface area (Å²) in [4.78, 5) is 14.6. The fourth-order valence-electron chi connectivity index (χ4n) is 3.57. The zero-order chi connectivity index (χ0) is 20.1. The fourth-order valence-corrected chi connectivity index (χ4v) is 6.17. The van der Waals surface area contributed by atoms with Crippen molar-refractivity contribution in [1.82, 2.24) is 19.5 Å². The van der Waals surface area contributed by atoms with Gasteiger partial charge < -0.3 is 15.0 Å². The summed E-state index contributed by atoms with van der Waals surface area (Å²) < 4.78 is 18.5. The van der Waals surface area contributed by atoms with Gasteiger partial charge in [-0.1, -0.05) is 11.3 Å². The Balaban J connectivity index is 1.66. The highest BCUT2D eigenvalue weighted by Crippen LogP contribution is 2.48. The van der Waals surface area contributed by atoms with Gasteiger partial charge in [0.1, 0.15) is 10.5 Å². The lowest BCUT2D eigenvalue weighted by Gasteiger charge is -2.07. The molecule has 0 aromatic carbocycles. The monoisotopic (exact) mass is 428 g/mol. The second-order valence-electron chi connectivity index (χ2n) is 7.34. The van der Waals surface area contributed by atoms with Crippen molar-refractivity contribution in [3.8, 4) is 11.3 Å². The summed E-state index contributed by atoms with van der Waals surface area (Å²) in [6.45, 7) is 0.498. The SMILES string of the molecule is COCC[S+](O)c1sc2nc(-c3cnc4ncn(C)c4c3)cc(C3CC3)c2c1N. The van der Waals surface area contributed by atoms with E-state index in [9.17, 15) is 4.55 Å². The third-order valence-corrected chi connectivity index (χ3v) is 8.21. The van der Waals surface area contributed by atoms with Crippen molar-refractivity contribution in [2.24, 2.45) is 7.05 Å². The predicted octanol–water partition coefficient (Wildman–Crippen LogP) is 3.80. The maximum Gasteiger partial charge on any atom is 0.269 e. The molecule has 4 heterocycles. The molecule has 4 aromatic rings. The van der Waals surface area contributed by atoms with Gasteiger partial charge in [-0.25, -0.2) is 15.0 Å². The molecule has 29 heavy (non-hydrogen) atoms. The topological polar surface area (TPSA) is 99.1 Å². The Morgan fingerprint density at radius 1 is 1.34 bits per heavy atom. The molecule has 1 aliphatic rings. The smallest absolute Gasteiger partial charge is 0.269 e. The van der Waals surface area contributed by atoms with Gasteiger partial charge in [0.25, 0.3) is 4.21 Å². The molecule has 0 radical (unpaired) electrons. The summed E-state index contributed by atoms with van der Waals surface area (Å²) in [6, 6.07) is 4.23. The highest BCUT2D eigenvalue weighted by atomic mass is 32.2. The number of nitrogen functional groups attached to an aromatic ring is 1. The normalized spacial score (nSPS) is 15.4. The average molecular weight is 429 g/mol. The van der Waals surface area contributed by atoms with Gasteiger partial charge in [-0.15, -0.1) is 0 Å². The number of thiophene rings is 1. The lowest BCUT2D eigenvalue weighted by Crippen LogP contribution is -2.11. The second kappa shape index (κ2) is 7.24. The summed E-state index contributed by atoms with van der Waals surface area (Å²) >= 11 is 0.550.